The van der Waals surface area contributed by atoms with Crippen LogP contribution in [0, 0.1) is 13.8 Å². The number of nitrogen functional groups attached to an aromatic ring is 1. The fourth-order valence-corrected chi connectivity index (χ4v) is 2.75. The fraction of sp³-hybridized carbons (Fsp3) is 0.417. The number of thiophene rings is 1. The lowest BCUT2D eigenvalue weighted by atomic mass is 10.2. The molecule has 2 aromatic heterocycles. The maximum absolute atomic E-state index is 5.62. The first-order chi connectivity index (χ1) is 8.58. The highest BCUT2D eigenvalue weighted by Gasteiger charge is 2.13. The molecule has 0 saturated carbocycles. The summed E-state index contributed by atoms with van der Waals surface area (Å²) in [5.74, 6) is 1.42. The molecule has 0 amide bonds. The van der Waals surface area contributed by atoms with Gasteiger partial charge < -0.3 is 11.1 Å². The molecule has 2 rings (SSSR count). The molecule has 5 nitrogen and oxygen atoms in total. The number of nitrogens with one attached hydrogen (secondary N) is 1. The maximum atomic E-state index is 5.62. The number of aromatic nitrogens is 3. The number of hydrogen-bond acceptors (Lipinski definition) is 6. The lowest BCUT2D eigenvalue weighted by Gasteiger charge is -2.15. The summed E-state index contributed by atoms with van der Waals surface area (Å²) in [5, 5.41) is 3.31. The van der Waals surface area contributed by atoms with Crippen LogP contribution in [0.4, 0.5) is 11.9 Å². The van der Waals surface area contributed by atoms with Gasteiger partial charge in [-0.15, -0.1) is 11.3 Å². The monoisotopic (exact) mass is 263 g/mol. The molecule has 0 aromatic carbocycles. The average Bonchev–Trinajstić information content (AvgIpc) is 2.71. The zero-order valence-electron chi connectivity index (χ0n) is 10.8. The number of aryl methyl sites for hydroxylation is 2. The Balaban J connectivity index is 2.20. The molecule has 0 fully saturated rings. The van der Waals surface area contributed by atoms with Crippen molar-refractivity contribution in [3.63, 3.8) is 0 Å². The van der Waals surface area contributed by atoms with E-state index in [0.717, 1.165) is 6.42 Å². The van der Waals surface area contributed by atoms with Gasteiger partial charge in [-0.2, -0.15) is 15.0 Å². The van der Waals surface area contributed by atoms with E-state index in [-0.39, 0.29) is 12.0 Å². The molecule has 2 heterocycles. The number of nitrogens with two attached hydrogens (primary N) is 1. The van der Waals surface area contributed by atoms with E-state index in [4.69, 9.17) is 5.73 Å². The first-order valence-corrected chi connectivity index (χ1v) is 6.71. The van der Waals surface area contributed by atoms with Gasteiger partial charge in [-0.3, -0.25) is 0 Å². The summed E-state index contributed by atoms with van der Waals surface area (Å²) in [4.78, 5) is 14.9. The minimum atomic E-state index is 0.213. The van der Waals surface area contributed by atoms with Crippen LogP contribution >= 0.6 is 11.3 Å². The Labute approximate surface area is 111 Å². The molecule has 0 aliphatic heterocycles. The van der Waals surface area contributed by atoms with Crippen LogP contribution in [0.15, 0.2) is 12.1 Å². The molecular weight excluding hydrogens is 246 g/mol. The van der Waals surface area contributed by atoms with Crippen molar-refractivity contribution in [3.8, 4) is 0 Å². The molecule has 0 aliphatic carbocycles. The first kappa shape index (κ1) is 12.8. The maximum Gasteiger partial charge on any atom is 0.228 e. The van der Waals surface area contributed by atoms with Crippen LogP contribution in [-0.4, -0.2) is 15.0 Å². The first-order valence-electron chi connectivity index (χ1n) is 5.89. The van der Waals surface area contributed by atoms with E-state index in [1.165, 1.54) is 9.75 Å². The third-order valence-electron chi connectivity index (χ3n) is 2.58. The summed E-state index contributed by atoms with van der Waals surface area (Å²) >= 11 is 1.78. The molecular formula is C12H17N5S. The summed E-state index contributed by atoms with van der Waals surface area (Å²) in [7, 11) is 0. The molecule has 2 aromatic rings. The van der Waals surface area contributed by atoms with Crippen molar-refractivity contribution in [1.29, 1.82) is 0 Å². The number of rotatable bonds is 4. The summed E-state index contributed by atoms with van der Waals surface area (Å²) in [6, 6.07) is 4.47. The van der Waals surface area contributed by atoms with Crippen molar-refractivity contribution in [2.24, 2.45) is 0 Å². The molecule has 0 saturated heterocycles. The minimum absolute atomic E-state index is 0.213. The van der Waals surface area contributed by atoms with Crippen molar-refractivity contribution in [3.05, 3.63) is 27.7 Å². The summed E-state index contributed by atoms with van der Waals surface area (Å²) < 4.78 is 0. The summed E-state index contributed by atoms with van der Waals surface area (Å²) in [6.45, 7) is 6.04. The zero-order valence-corrected chi connectivity index (χ0v) is 11.6. The third kappa shape index (κ3) is 2.95. The quantitative estimate of drug-likeness (QED) is 0.887. The van der Waals surface area contributed by atoms with Crippen LogP contribution in [0.3, 0.4) is 0 Å². The average molecular weight is 263 g/mol. The van der Waals surface area contributed by atoms with E-state index in [1.807, 2.05) is 0 Å². The Hall–Kier alpha value is -1.69. The third-order valence-corrected chi connectivity index (χ3v) is 3.70. The van der Waals surface area contributed by atoms with E-state index in [2.05, 4.69) is 46.2 Å². The van der Waals surface area contributed by atoms with E-state index < -0.39 is 0 Å². The molecule has 0 aliphatic rings. The number of anilines is 2. The summed E-state index contributed by atoms with van der Waals surface area (Å²) in [6.07, 6.45) is 0.963. The van der Waals surface area contributed by atoms with Crippen molar-refractivity contribution in [2.45, 2.75) is 33.2 Å². The second-order valence-corrected chi connectivity index (χ2v) is 5.44. The van der Waals surface area contributed by atoms with Gasteiger partial charge in [0.15, 0.2) is 0 Å². The highest BCUT2D eigenvalue weighted by atomic mass is 32.1. The molecule has 0 radical (unpaired) electrons. The second kappa shape index (κ2) is 5.30. The lowest BCUT2D eigenvalue weighted by molar-refractivity contribution is 0.748. The van der Waals surface area contributed by atoms with E-state index in [0.29, 0.717) is 11.8 Å². The zero-order chi connectivity index (χ0) is 13.1. The number of hydrogen-bond donors (Lipinski definition) is 2. The van der Waals surface area contributed by atoms with Crippen LogP contribution in [0.5, 0.6) is 0 Å². The normalized spacial score (nSPS) is 12.4. The fourth-order valence-electron chi connectivity index (χ4n) is 1.74. The molecule has 96 valence electrons. The smallest absolute Gasteiger partial charge is 0.228 e. The van der Waals surface area contributed by atoms with Gasteiger partial charge in [0.2, 0.25) is 11.9 Å². The van der Waals surface area contributed by atoms with Crippen LogP contribution in [0.25, 0.3) is 0 Å². The second-order valence-electron chi connectivity index (χ2n) is 4.12. The molecule has 0 spiro atoms. The molecule has 1 unspecified atom stereocenters. The standard InChI is InChI=1S/C12H17N5S/c1-4-9(10-6-5-7(2)18-10)16-12-15-8(3)14-11(13)17-12/h5-6,9H,4H2,1-3H3,(H3,13,14,15,16,17). The van der Waals surface area contributed by atoms with Crippen molar-refractivity contribution in [2.75, 3.05) is 11.1 Å². The highest BCUT2D eigenvalue weighted by molar-refractivity contribution is 7.12. The van der Waals surface area contributed by atoms with Crippen LogP contribution < -0.4 is 11.1 Å². The van der Waals surface area contributed by atoms with E-state index in [9.17, 15) is 0 Å². The Morgan fingerprint density at radius 3 is 2.61 bits per heavy atom. The van der Waals surface area contributed by atoms with Crippen molar-refractivity contribution >= 4 is 23.2 Å². The molecule has 18 heavy (non-hydrogen) atoms. The molecule has 6 heteroatoms. The van der Waals surface area contributed by atoms with Gasteiger partial charge in [-0.25, -0.2) is 0 Å². The largest absolute Gasteiger partial charge is 0.368 e. The molecule has 0 bridgehead atoms. The predicted octanol–water partition coefficient (Wildman–Crippen LogP) is 2.70. The van der Waals surface area contributed by atoms with Crippen molar-refractivity contribution < 1.29 is 0 Å². The van der Waals surface area contributed by atoms with E-state index in [1.54, 1.807) is 18.3 Å². The van der Waals surface area contributed by atoms with Gasteiger partial charge >= 0.3 is 0 Å². The molecule has 3 N–H and O–H groups in total. The van der Waals surface area contributed by atoms with Crippen LogP contribution in [0.2, 0.25) is 0 Å². The van der Waals surface area contributed by atoms with Gasteiger partial charge in [-0.05, 0) is 32.4 Å². The minimum Gasteiger partial charge on any atom is -0.368 e. The Kier molecular flexibility index (Phi) is 3.76. The van der Waals surface area contributed by atoms with Crippen molar-refractivity contribution in [1.82, 2.24) is 15.0 Å². The topological polar surface area (TPSA) is 76.7 Å². The number of nitrogens with zero attached hydrogens (tertiary/aromatic N) is 3. The summed E-state index contributed by atoms with van der Waals surface area (Å²) in [5.41, 5.74) is 5.62. The van der Waals surface area contributed by atoms with Gasteiger partial charge in [0.05, 0.1) is 6.04 Å². The van der Waals surface area contributed by atoms with Gasteiger partial charge in [0.25, 0.3) is 0 Å². The molecule has 1 atom stereocenters. The van der Waals surface area contributed by atoms with Crippen LogP contribution in [-0.2, 0) is 0 Å². The highest BCUT2D eigenvalue weighted by Crippen LogP contribution is 2.27. The predicted molar refractivity (Wildman–Crippen MR) is 74.7 cm³/mol. The Morgan fingerprint density at radius 1 is 1.28 bits per heavy atom. The lowest BCUT2D eigenvalue weighted by Crippen LogP contribution is -2.13. The SMILES string of the molecule is CCC(Nc1nc(C)nc(N)n1)c1ccc(C)s1. The van der Waals surface area contributed by atoms with Crippen LogP contribution in [0.1, 0.15) is 35.0 Å². The van der Waals surface area contributed by atoms with Gasteiger partial charge in [0.1, 0.15) is 5.82 Å². The Bertz CT molecular complexity index is 517. The van der Waals surface area contributed by atoms with Gasteiger partial charge in [-0.1, -0.05) is 6.92 Å². The van der Waals surface area contributed by atoms with E-state index >= 15 is 0 Å². The van der Waals surface area contributed by atoms with Gasteiger partial charge in [0, 0.05) is 9.75 Å². The Morgan fingerprint density at radius 2 is 2.06 bits per heavy atom.